The first-order chi connectivity index (χ1) is 9.19. The standard InChI is InChI=1S/C16H22FNO/c1-2-3-13-14(10-4-6-11(17)7-5-10)8-12-9-15(19)16(13)18-12/h4-7,12-16,18-19H,2-3,8-9H2,1H3/t12?,13-,14-,15?,16?/m0/s1. The molecule has 2 fully saturated rings. The first-order valence-corrected chi connectivity index (χ1v) is 7.38. The van der Waals surface area contributed by atoms with Gasteiger partial charge in [0.2, 0.25) is 0 Å². The summed E-state index contributed by atoms with van der Waals surface area (Å²) in [5.41, 5.74) is 1.23. The Labute approximate surface area is 114 Å². The van der Waals surface area contributed by atoms with Gasteiger partial charge in [0.05, 0.1) is 6.10 Å². The summed E-state index contributed by atoms with van der Waals surface area (Å²) in [7, 11) is 0. The molecular formula is C16H22FNO. The third kappa shape index (κ3) is 2.41. The highest BCUT2D eigenvalue weighted by Gasteiger charge is 2.46. The molecule has 2 N–H and O–H groups in total. The van der Waals surface area contributed by atoms with Crippen molar-refractivity contribution in [2.75, 3.05) is 0 Å². The van der Waals surface area contributed by atoms with Crippen LogP contribution >= 0.6 is 0 Å². The van der Waals surface area contributed by atoms with E-state index < -0.39 is 0 Å². The molecule has 3 rings (SSSR count). The van der Waals surface area contributed by atoms with Crippen LogP contribution in [0.1, 0.15) is 44.1 Å². The molecule has 0 radical (unpaired) electrons. The van der Waals surface area contributed by atoms with Crippen LogP contribution in [-0.4, -0.2) is 23.3 Å². The molecule has 2 nitrogen and oxygen atoms in total. The van der Waals surface area contributed by atoms with Gasteiger partial charge in [-0.2, -0.15) is 0 Å². The van der Waals surface area contributed by atoms with Gasteiger partial charge in [0.1, 0.15) is 5.82 Å². The monoisotopic (exact) mass is 263 g/mol. The molecule has 104 valence electrons. The molecule has 0 saturated carbocycles. The van der Waals surface area contributed by atoms with Crippen molar-refractivity contribution in [2.45, 2.75) is 56.7 Å². The Bertz CT molecular complexity index is 433. The smallest absolute Gasteiger partial charge is 0.123 e. The normalized spacial score (nSPS) is 37.5. The minimum atomic E-state index is -0.216. The lowest BCUT2D eigenvalue weighted by atomic mass is 9.74. The van der Waals surface area contributed by atoms with Crippen LogP contribution in [0, 0.1) is 11.7 Å². The van der Waals surface area contributed by atoms with Gasteiger partial charge in [-0.15, -0.1) is 0 Å². The number of piperidine rings is 1. The fourth-order valence-corrected chi connectivity index (χ4v) is 4.00. The minimum absolute atomic E-state index is 0.173. The summed E-state index contributed by atoms with van der Waals surface area (Å²) in [5, 5.41) is 13.7. The van der Waals surface area contributed by atoms with Crippen LogP contribution in [0.5, 0.6) is 0 Å². The summed E-state index contributed by atoms with van der Waals surface area (Å²) in [4.78, 5) is 0. The number of rotatable bonds is 3. The zero-order valence-electron chi connectivity index (χ0n) is 11.3. The molecule has 1 aromatic carbocycles. The number of aliphatic hydroxyl groups is 1. The number of halogens is 1. The lowest BCUT2D eigenvalue weighted by molar-refractivity contribution is 0.116. The van der Waals surface area contributed by atoms with E-state index in [4.69, 9.17) is 0 Å². The Balaban J connectivity index is 1.88. The Morgan fingerprint density at radius 2 is 2.00 bits per heavy atom. The van der Waals surface area contributed by atoms with Crippen molar-refractivity contribution in [3.63, 3.8) is 0 Å². The van der Waals surface area contributed by atoms with Crippen molar-refractivity contribution in [3.8, 4) is 0 Å². The van der Waals surface area contributed by atoms with Crippen molar-refractivity contribution >= 4 is 0 Å². The SMILES string of the molecule is CCC[C@@H]1C2NC(CC2O)C[C@H]1c1ccc(F)cc1. The Kier molecular flexibility index (Phi) is 3.59. The van der Waals surface area contributed by atoms with Crippen molar-refractivity contribution in [1.29, 1.82) is 0 Å². The van der Waals surface area contributed by atoms with Gasteiger partial charge in [0, 0.05) is 12.1 Å². The van der Waals surface area contributed by atoms with Gasteiger partial charge in [-0.05, 0) is 48.8 Å². The van der Waals surface area contributed by atoms with E-state index in [1.54, 1.807) is 12.1 Å². The molecule has 0 spiro atoms. The molecule has 5 atom stereocenters. The van der Waals surface area contributed by atoms with Crippen molar-refractivity contribution < 1.29 is 9.50 Å². The van der Waals surface area contributed by atoms with Crippen LogP contribution in [0.3, 0.4) is 0 Å². The number of fused-ring (bicyclic) bond motifs is 2. The van der Waals surface area contributed by atoms with Crippen LogP contribution < -0.4 is 5.32 Å². The topological polar surface area (TPSA) is 32.3 Å². The predicted molar refractivity (Wildman–Crippen MR) is 73.5 cm³/mol. The molecule has 1 aromatic rings. The summed E-state index contributed by atoms with van der Waals surface area (Å²) >= 11 is 0. The quantitative estimate of drug-likeness (QED) is 0.879. The number of aliphatic hydroxyl groups excluding tert-OH is 1. The molecule has 2 aliphatic heterocycles. The Hall–Kier alpha value is -0.930. The van der Waals surface area contributed by atoms with E-state index in [1.807, 2.05) is 12.1 Å². The van der Waals surface area contributed by atoms with Gasteiger partial charge < -0.3 is 10.4 Å². The molecule has 3 unspecified atom stereocenters. The second kappa shape index (κ2) is 5.22. The van der Waals surface area contributed by atoms with Gasteiger partial charge in [0.15, 0.2) is 0 Å². The van der Waals surface area contributed by atoms with Crippen LogP contribution in [0.15, 0.2) is 24.3 Å². The van der Waals surface area contributed by atoms with Gasteiger partial charge in [-0.25, -0.2) is 4.39 Å². The number of hydrogen-bond acceptors (Lipinski definition) is 2. The lowest BCUT2D eigenvalue weighted by Crippen LogP contribution is -2.47. The van der Waals surface area contributed by atoms with Crippen LogP contribution in [-0.2, 0) is 0 Å². The summed E-state index contributed by atoms with van der Waals surface area (Å²) in [5.74, 6) is 0.742. The molecule has 0 amide bonds. The largest absolute Gasteiger partial charge is 0.391 e. The van der Waals surface area contributed by atoms with Gasteiger partial charge in [-0.1, -0.05) is 25.5 Å². The van der Waals surface area contributed by atoms with E-state index in [2.05, 4.69) is 12.2 Å². The second-order valence-corrected chi connectivity index (χ2v) is 6.04. The fraction of sp³-hybridized carbons (Fsp3) is 0.625. The second-order valence-electron chi connectivity index (χ2n) is 6.04. The third-order valence-electron chi connectivity index (χ3n) is 4.81. The third-order valence-corrected chi connectivity index (χ3v) is 4.81. The Morgan fingerprint density at radius 3 is 2.68 bits per heavy atom. The molecule has 2 saturated heterocycles. The van der Waals surface area contributed by atoms with Crippen molar-refractivity contribution in [3.05, 3.63) is 35.6 Å². The molecular weight excluding hydrogens is 241 g/mol. The van der Waals surface area contributed by atoms with E-state index in [9.17, 15) is 9.50 Å². The molecule has 2 bridgehead atoms. The molecule has 2 heterocycles. The van der Waals surface area contributed by atoms with Gasteiger partial charge in [-0.3, -0.25) is 0 Å². The summed E-state index contributed by atoms with van der Waals surface area (Å²) in [6, 6.07) is 7.58. The van der Waals surface area contributed by atoms with E-state index in [-0.39, 0.29) is 18.0 Å². The number of hydrogen-bond donors (Lipinski definition) is 2. The fourth-order valence-electron chi connectivity index (χ4n) is 4.00. The molecule has 19 heavy (non-hydrogen) atoms. The van der Waals surface area contributed by atoms with Crippen LogP contribution in [0.25, 0.3) is 0 Å². The zero-order chi connectivity index (χ0) is 13.4. The maximum absolute atomic E-state index is 13.1. The first kappa shape index (κ1) is 13.1. The molecule has 0 aromatic heterocycles. The zero-order valence-corrected chi connectivity index (χ0v) is 11.3. The van der Waals surface area contributed by atoms with E-state index in [1.165, 1.54) is 5.56 Å². The number of nitrogens with one attached hydrogen (secondary N) is 1. The van der Waals surface area contributed by atoms with Crippen LogP contribution in [0.4, 0.5) is 4.39 Å². The maximum atomic E-state index is 13.1. The molecule has 3 heteroatoms. The summed E-state index contributed by atoms with van der Waals surface area (Å²) in [6.45, 7) is 2.19. The highest BCUT2D eigenvalue weighted by Crippen LogP contribution is 2.43. The maximum Gasteiger partial charge on any atom is 0.123 e. The highest BCUT2D eigenvalue weighted by atomic mass is 19.1. The molecule has 0 aliphatic carbocycles. The lowest BCUT2D eigenvalue weighted by Gasteiger charge is -2.38. The summed E-state index contributed by atoms with van der Waals surface area (Å²) < 4.78 is 13.1. The van der Waals surface area contributed by atoms with Crippen molar-refractivity contribution in [2.24, 2.45) is 5.92 Å². The Morgan fingerprint density at radius 1 is 1.26 bits per heavy atom. The van der Waals surface area contributed by atoms with Crippen molar-refractivity contribution in [1.82, 2.24) is 5.32 Å². The van der Waals surface area contributed by atoms with Crippen LogP contribution in [0.2, 0.25) is 0 Å². The van der Waals surface area contributed by atoms with E-state index in [0.717, 1.165) is 25.7 Å². The van der Waals surface area contributed by atoms with E-state index in [0.29, 0.717) is 17.9 Å². The predicted octanol–water partition coefficient (Wildman–Crippen LogP) is 2.82. The van der Waals surface area contributed by atoms with Gasteiger partial charge >= 0.3 is 0 Å². The molecule has 2 aliphatic rings. The van der Waals surface area contributed by atoms with E-state index >= 15 is 0 Å². The van der Waals surface area contributed by atoms with Gasteiger partial charge in [0.25, 0.3) is 0 Å². The average Bonchev–Trinajstić information content (AvgIpc) is 2.70. The summed E-state index contributed by atoms with van der Waals surface area (Å²) in [6.07, 6.45) is 3.94. The average molecular weight is 263 g/mol. The minimum Gasteiger partial charge on any atom is -0.391 e. The highest BCUT2D eigenvalue weighted by molar-refractivity contribution is 5.24. The first-order valence-electron chi connectivity index (χ1n) is 7.38. The number of benzene rings is 1.